The molecule has 0 spiro atoms. The summed E-state index contributed by atoms with van der Waals surface area (Å²) < 4.78 is 36.8. The fourth-order valence-electron chi connectivity index (χ4n) is 4.99. The quantitative estimate of drug-likeness (QED) is 0.206. The number of nitrogens with zero attached hydrogens (tertiary/aromatic N) is 3. The number of anilines is 1. The number of benzene rings is 3. The number of nitrogen functional groups attached to an aromatic ring is 1. The largest absolute Gasteiger partial charge is 0.444 e. The first kappa shape index (κ1) is 33.0. The molecule has 0 radical (unpaired) electrons. The molecule has 0 fully saturated rings. The van der Waals surface area contributed by atoms with Crippen molar-refractivity contribution in [2.75, 3.05) is 18.8 Å². The highest BCUT2D eigenvalue weighted by Gasteiger charge is 2.32. The number of fused-ring (bicyclic) bond motifs is 1. The van der Waals surface area contributed by atoms with Crippen LogP contribution in [-0.2, 0) is 27.7 Å². The molecule has 1 aromatic heterocycles. The van der Waals surface area contributed by atoms with Gasteiger partial charge in [0.15, 0.2) is 0 Å². The molecular weight excluding hydrogens is 578 g/mol. The summed E-state index contributed by atoms with van der Waals surface area (Å²) in [5.74, 6) is 0.246. The normalized spacial score (nSPS) is 13.7. The molecule has 44 heavy (non-hydrogen) atoms. The van der Waals surface area contributed by atoms with Gasteiger partial charge in [0.1, 0.15) is 5.60 Å². The Hall–Kier alpha value is -3.93. The molecule has 1 amide bonds. The van der Waals surface area contributed by atoms with Crippen molar-refractivity contribution in [1.29, 1.82) is 0 Å². The highest BCUT2D eigenvalue weighted by atomic mass is 32.2. The zero-order valence-electron chi connectivity index (χ0n) is 26.0. The minimum atomic E-state index is -4.08. The Morgan fingerprint density at radius 2 is 1.61 bits per heavy atom. The second kappa shape index (κ2) is 13.8. The third-order valence-corrected chi connectivity index (χ3v) is 8.82. The highest BCUT2D eigenvalue weighted by molar-refractivity contribution is 7.89. The van der Waals surface area contributed by atoms with E-state index in [1.807, 2.05) is 74.5 Å². The number of hydrogen-bond acceptors (Lipinski definition) is 7. The number of alkyl carbamates (subject to hydrolysis) is 1. The number of amides is 1. The second-order valence-electron chi connectivity index (χ2n) is 12.4. The molecule has 2 atom stereocenters. The van der Waals surface area contributed by atoms with Crippen LogP contribution in [0.15, 0.2) is 83.8 Å². The Kier molecular flexibility index (Phi) is 10.3. The van der Waals surface area contributed by atoms with Crippen LogP contribution in [0.4, 0.5) is 10.7 Å². The fraction of sp³-hybridized carbons (Fsp3) is 0.394. The number of imidazole rings is 1. The second-order valence-corrected chi connectivity index (χ2v) is 14.4. The summed E-state index contributed by atoms with van der Waals surface area (Å²) in [4.78, 5) is 17.2. The Morgan fingerprint density at radius 1 is 1.00 bits per heavy atom. The van der Waals surface area contributed by atoms with E-state index in [1.165, 1.54) is 10.4 Å². The van der Waals surface area contributed by atoms with Crippen molar-refractivity contribution in [2.45, 2.75) is 70.2 Å². The van der Waals surface area contributed by atoms with Gasteiger partial charge >= 0.3 is 6.09 Å². The molecule has 4 aromatic rings. The van der Waals surface area contributed by atoms with Crippen LogP contribution in [-0.4, -0.2) is 64.3 Å². The van der Waals surface area contributed by atoms with Gasteiger partial charge in [-0.3, -0.25) is 0 Å². The predicted octanol–water partition coefficient (Wildman–Crippen LogP) is 4.81. The maximum absolute atomic E-state index is 14.2. The zero-order valence-corrected chi connectivity index (χ0v) is 26.8. The first-order valence-corrected chi connectivity index (χ1v) is 16.2. The molecule has 0 aliphatic carbocycles. The standard InChI is InChI=1S/C33H43N5O5S/c1-23(2)20-37(22-30(39)28(18-24-12-8-6-9-13-24)36-32(40)43-33(3,4)5)44(41,42)26-16-17-27-29(19-26)38(31(34)35-27)21-25-14-10-7-11-15-25/h6-17,19,23,28,30,39H,18,20-22H2,1-5H3,(H2,34,35)(H,36,40)/t28-,30+/m0/s1. The van der Waals surface area contributed by atoms with Crippen molar-refractivity contribution in [3.05, 3.63) is 90.0 Å². The van der Waals surface area contributed by atoms with Crippen LogP contribution >= 0.6 is 0 Å². The number of nitrogens with two attached hydrogens (primary N) is 1. The van der Waals surface area contributed by atoms with Crippen LogP contribution in [0.25, 0.3) is 11.0 Å². The third-order valence-electron chi connectivity index (χ3n) is 7.00. The molecule has 3 aromatic carbocycles. The van der Waals surface area contributed by atoms with Gasteiger partial charge in [-0.15, -0.1) is 0 Å². The Labute approximate surface area is 259 Å². The molecule has 0 unspecified atom stereocenters. The highest BCUT2D eigenvalue weighted by Crippen LogP contribution is 2.26. The van der Waals surface area contributed by atoms with Crippen molar-refractivity contribution in [3.63, 3.8) is 0 Å². The summed E-state index contributed by atoms with van der Waals surface area (Å²) in [5, 5.41) is 14.3. The van der Waals surface area contributed by atoms with E-state index < -0.39 is 33.9 Å². The lowest BCUT2D eigenvalue weighted by atomic mass is 10.0. The van der Waals surface area contributed by atoms with Crippen LogP contribution in [0.5, 0.6) is 0 Å². The molecule has 0 saturated heterocycles. The van der Waals surface area contributed by atoms with E-state index in [-0.39, 0.29) is 36.3 Å². The maximum Gasteiger partial charge on any atom is 0.407 e. The van der Waals surface area contributed by atoms with Gasteiger partial charge in [-0.05, 0) is 62.4 Å². The van der Waals surface area contributed by atoms with E-state index in [0.29, 0.717) is 17.6 Å². The van der Waals surface area contributed by atoms with Gasteiger partial charge in [0.2, 0.25) is 16.0 Å². The van der Waals surface area contributed by atoms with E-state index in [1.54, 1.807) is 37.5 Å². The smallest absolute Gasteiger partial charge is 0.407 e. The van der Waals surface area contributed by atoms with Crippen molar-refractivity contribution in [1.82, 2.24) is 19.2 Å². The lowest BCUT2D eigenvalue weighted by Gasteiger charge is -2.31. The minimum Gasteiger partial charge on any atom is -0.444 e. The van der Waals surface area contributed by atoms with Crippen LogP contribution < -0.4 is 11.1 Å². The van der Waals surface area contributed by atoms with Gasteiger partial charge < -0.3 is 25.5 Å². The molecule has 4 rings (SSSR count). The van der Waals surface area contributed by atoms with Gasteiger partial charge in [0.05, 0.1) is 34.6 Å². The van der Waals surface area contributed by atoms with E-state index in [9.17, 15) is 18.3 Å². The SMILES string of the molecule is CC(C)CN(C[C@@H](O)[C@H](Cc1ccccc1)NC(=O)OC(C)(C)C)S(=O)(=O)c1ccc2nc(N)n(Cc3ccccc3)c2c1. The molecule has 1 heterocycles. The van der Waals surface area contributed by atoms with Gasteiger partial charge in [-0.2, -0.15) is 4.31 Å². The van der Waals surface area contributed by atoms with Crippen LogP contribution in [0.1, 0.15) is 45.7 Å². The molecule has 10 nitrogen and oxygen atoms in total. The van der Waals surface area contributed by atoms with Gasteiger partial charge in [0.25, 0.3) is 0 Å². The number of carbonyl (C=O) groups excluding carboxylic acids is 1. The molecule has 236 valence electrons. The Balaban J connectivity index is 1.65. The van der Waals surface area contributed by atoms with E-state index in [0.717, 1.165) is 11.1 Å². The van der Waals surface area contributed by atoms with Gasteiger partial charge in [-0.1, -0.05) is 74.5 Å². The van der Waals surface area contributed by atoms with Crippen molar-refractivity contribution in [3.8, 4) is 0 Å². The number of aliphatic hydroxyl groups is 1. The molecule has 0 aliphatic rings. The summed E-state index contributed by atoms with van der Waals surface area (Å²) in [6.07, 6.45) is -1.65. The Morgan fingerprint density at radius 3 is 2.20 bits per heavy atom. The number of ether oxygens (including phenoxy) is 1. The maximum atomic E-state index is 14.2. The number of aliphatic hydroxyl groups excluding tert-OH is 1. The zero-order chi connectivity index (χ0) is 32.1. The summed E-state index contributed by atoms with van der Waals surface area (Å²) in [5.41, 5.74) is 8.54. The first-order valence-electron chi connectivity index (χ1n) is 14.7. The van der Waals surface area contributed by atoms with Crippen molar-refractivity contribution < 1.29 is 23.1 Å². The minimum absolute atomic E-state index is 0.0358. The topological polar surface area (TPSA) is 140 Å². The first-order chi connectivity index (χ1) is 20.7. The van der Waals surface area contributed by atoms with Gasteiger partial charge in [-0.25, -0.2) is 18.2 Å². The molecule has 0 bridgehead atoms. The summed E-state index contributed by atoms with van der Waals surface area (Å²) in [7, 11) is -4.08. The molecule has 11 heteroatoms. The van der Waals surface area contributed by atoms with Crippen LogP contribution in [0, 0.1) is 5.92 Å². The van der Waals surface area contributed by atoms with E-state index in [4.69, 9.17) is 10.5 Å². The molecule has 4 N–H and O–H groups in total. The lowest BCUT2D eigenvalue weighted by Crippen LogP contribution is -2.51. The van der Waals surface area contributed by atoms with E-state index >= 15 is 0 Å². The summed E-state index contributed by atoms with van der Waals surface area (Å²) in [6.45, 7) is 9.43. The average Bonchev–Trinajstić information content (AvgIpc) is 3.26. The number of hydrogen-bond donors (Lipinski definition) is 3. The lowest BCUT2D eigenvalue weighted by molar-refractivity contribution is 0.0400. The summed E-state index contributed by atoms with van der Waals surface area (Å²) >= 11 is 0. The average molecular weight is 622 g/mol. The monoisotopic (exact) mass is 621 g/mol. The fourth-order valence-corrected chi connectivity index (χ4v) is 6.63. The molecule has 0 aliphatic heterocycles. The predicted molar refractivity (Wildman–Crippen MR) is 173 cm³/mol. The number of rotatable bonds is 12. The molecular formula is C33H43N5O5S. The Bertz CT molecular complexity index is 1650. The number of sulfonamides is 1. The van der Waals surface area contributed by atoms with Crippen molar-refractivity contribution >= 4 is 33.1 Å². The van der Waals surface area contributed by atoms with Crippen molar-refractivity contribution in [2.24, 2.45) is 5.92 Å². The van der Waals surface area contributed by atoms with Crippen LogP contribution in [0.2, 0.25) is 0 Å². The molecule has 0 saturated carbocycles. The van der Waals surface area contributed by atoms with E-state index in [2.05, 4.69) is 10.3 Å². The summed E-state index contributed by atoms with van der Waals surface area (Å²) in [6, 6.07) is 23.0. The van der Waals surface area contributed by atoms with Crippen LogP contribution in [0.3, 0.4) is 0 Å². The number of nitrogens with one attached hydrogen (secondary N) is 1. The number of aromatic nitrogens is 2. The third kappa shape index (κ3) is 8.58. The number of carbonyl (C=O) groups is 1. The van der Waals surface area contributed by atoms with Gasteiger partial charge in [0, 0.05) is 13.1 Å².